The van der Waals surface area contributed by atoms with Crippen LogP contribution in [0, 0.1) is 0 Å². The van der Waals surface area contributed by atoms with Gasteiger partial charge in [-0.05, 0) is 24.3 Å². The van der Waals surface area contributed by atoms with Crippen LogP contribution in [0.4, 0.5) is 5.82 Å². The SMILES string of the molecule is O=C(NCCNc1ncnc2ccccc12)c1ccccc1. The molecule has 1 amide bonds. The van der Waals surface area contributed by atoms with Crippen molar-refractivity contribution in [3.05, 3.63) is 66.5 Å². The fourth-order valence-electron chi connectivity index (χ4n) is 2.19. The number of hydrogen-bond donors (Lipinski definition) is 2. The maximum absolute atomic E-state index is 11.9. The van der Waals surface area contributed by atoms with E-state index in [1.54, 1.807) is 12.1 Å². The van der Waals surface area contributed by atoms with Crippen LogP contribution in [0.15, 0.2) is 60.9 Å². The summed E-state index contributed by atoms with van der Waals surface area (Å²) in [6.07, 6.45) is 1.53. The number of nitrogens with zero attached hydrogens (tertiary/aromatic N) is 2. The number of rotatable bonds is 5. The Bertz CT molecular complexity index is 768. The fourth-order valence-corrected chi connectivity index (χ4v) is 2.19. The van der Waals surface area contributed by atoms with Gasteiger partial charge in [0.2, 0.25) is 0 Å². The molecule has 0 radical (unpaired) electrons. The molecule has 0 bridgehead atoms. The summed E-state index contributed by atoms with van der Waals surface area (Å²) in [4.78, 5) is 20.4. The van der Waals surface area contributed by atoms with E-state index in [-0.39, 0.29) is 5.91 Å². The van der Waals surface area contributed by atoms with Gasteiger partial charge in [-0.3, -0.25) is 4.79 Å². The molecule has 2 N–H and O–H groups in total. The van der Waals surface area contributed by atoms with Crippen LogP contribution in [0.3, 0.4) is 0 Å². The lowest BCUT2D eigenvalue weighted by Crippen LogP contribution is -2.28. The number of hydrogen-bond acceptors (Lipinski definition) is 4. The van der Waals surface area contributed by atoms with Gasteiger partial charge in [0.1, 0.15) is 12.1 Å². The molecule has 0 aliphatic carbocycles. The second-order valence-corrected chi connectivity index (χ2v) is 4.79. The van der Waals surface area contributed by atoms with E-state index in [0.717, 1.165) is 16.7 Å². The zero-order valence-electron chi connectivity index (χ0n) is 12.0. The summed E-state index contributed by atoms with van der Waals surface area (Å²) in [5, 5.41) is 7.07. The van der Waals surface area contributed by atoms with Gasteiger partial charge in [-0.15, -0.1) is 0 Å². The molecule has 0 unspecified atom stereocenters. The van der Waals surface area contributed by atoms with Crippen LogP contribution in [0.1, 0.15) is 10.4 Å². The highest BCUT2D eigenvalue weighted by Crippen LogP contribution is 2.17. The molecule has 22 heavy (non-hydrogen) atoms. The first-order valence-corrected chi connectivity index (χ1v) is 7.11. The van der Waals surface area contributed by atoms with Crippen molar-refractivity contribution >= 4 is 22.6 Å². The molecule has 0 fully saturated rings. The normalized spacial score (nSPS) is 10.4. The van der Waals surface area contributed by atoms with Crippen LogP contribution < -0.4 is 10.6 Å². The highest BCUT2D eigenvalue weighted by atomic mass is 16.1. The summed E-state index contributed by atoms with van der Waals surface area (Å²) in [7, 11) is 0. The molecule has 3 aromatic rings. The molecule has 110 valence electrons. The van der Waals surface area contributed by atoms with Crippen LogP contribution in [0.2, 0.25) is 0 Å². The molecular weight excluding hydrogens is 276 g/mol. The predicted molar refractivity (Wildman–Crippen MR) is 86.8 cm³/mol. The Hall–Kier alpha value is -2.95. The van der Waals surface area contributed by atoms with Gasteiger partial charge >= 0.3 is 0 Å². The maximum Gasteiger partial charge on any atom is 0.251 e. The van der Waals surface area contributed by atoms with Crippen LogP contribution >= 0.6 is 0 Å². The molecule has 0 atom stereocenters. The number of nitrogens with one attached hydrogen (secondary N) is 2. The van der Waals surface area contributed by atoms with Gasteiger partial charge in [0, 0.05) is 24.0 Å². The maximum atomic E-state index is 11.9. The van der Waals surface area contributed by atoms with Gasteiger partial charge in [0.25, 0.3) is 5.91 Å². The van der Waals surface area contributed by atoms with Gasteiger partial charge in [-0.1, -0.05) is 30.3 Å². The van der Waals surface area contributed by atoms with Gasteiger partial charge in [0.05, 0.1) is 5.52 Å². The van der Waals surface area contributed by atoms with Crippen molar-refractivity contribution in [2.75, 3.05) is 18.4 Å². The predicted octanol–water partition coefficient (Wildman–Crippen LogP) is 2.47. The standard InChI is InChI=1S/C17H16N4O/c22-17(13-6-2-1-3-7-13)19-11-10-18-16-14-8-4-5-9-15(14)20-12-21-16/h1-9,12H,10-11H2,(H,19,22)(H,18,20,21). The van der Waals surface area contributed by atoms with Crippen molar-refractivity contribution < 1.29 is 4.79 Å². The monoisotopic (exact) mass is 292 g/mol. The lowest BCUT2D eigenvalue weighted by atomic mass is 10.2. The van der Waals surface area contributed by atoms with E-state index >= 15 is 0 Å². The van der Waals surface area contributed by atoms with Gasteiger partial charge in [-0.25, -0.2) is 9.97 Å². The molecular formula is C17H16N4O. The number of anilines is 1. The summed E-state index contributed by atoms with van der Waals surface area (Å²) in [5.41, 5.74) is 1.56. The Morgan fingerprint density at radius 1 is 0.909 bits per heavy atom. The Morgan fingerprint density at radius 2 is 1.68 bits per heavy atom. The minimum Gasteiger partial charge on any atom is -0.368 e. The third-order valence-electron chi connectivity index (χ3n) is 3.28. The molecule has 0 aliphatic rings. The Labute approximate surface area is 128 Å². The topological polar surface area (TPSA) is 66.9 Å². The van der Waals surface area contributed by atoms with Crippen molar-refractivity contribution in [3.63, 3.8) is 0 Å². The number of benzene rings is 2. The number of fused-ring (bicyclic) bond motifs is 1. The quantitative estimate of drug-likeness (QED) is 0.709. The molecule has 3 rings (SSSR count). The lowest BCUT2D eigenvalue weighted by molar-refractivity contribution is 0.0955. The van der Waals surface area contributed by atoms with Crippen molar-refractivity contribution in [2.24, 2.45) is 0 Å². The molecule has 0 aliphatic heterocycles. The molecule has 5 nitrogen and oxygen atoms in total. The summed E-state index contributed by atoms with van der Waals surface area (Å²) in [6, 6.07) is 17.0. The summed E-state index contributed by atoms with van der Waals surface area (Å²) in [6.45, 7) is 1.12. The smallest absolute Gasteiger partial charge is 0.251 e. The van der Waals surface area contributed by atoms with Crippen LogP contribution in [-0.4, -0.2) is 29.0 Å². The summed E-state index contributed by atoms with van der Waals surface area (Å²) >= 11 is 0. The first-order valence-electron chi connectivity index (χ1n) is 7.11. The minimum atomic E-state index is -0.0741. The molecule has 2 aromatic carbocycles. The zero-order valence-corrected chi connectivity index (χ0v) is 12.0. The number of amides is 1. The van der Waals surface area contributed by atoms with E-state index < -0.39 is 0 Å². The first-order chi connectivity index (χ1) is 10.8. The number of para-hydroxylation sites is 1. The van der Waals surface area contributed by atoms with Crippen LogP contribution in [0.25, 0.3) is 10.9 Å². The lowest BCUT2D eigenvalue weighted by Gasteiger charge is -2.09. The van der Waals surface area contributed by atoms with Gasteiger partial charge < -0.3 is 10.6 Å². The summed E-state index contributed by atoms with van der Waals surface area (Å²) in [5.74, 6) is 0.703. The van der Waals surface area contributed by atoms with E-state index in [9.17, 15) is 4.79 Å². The van der Waals surface area contributed by atoms with E-state index in [1.165, 1.54) is 6.33 Å². The Kier molecular flexibility index (Phi) is 4.25. The van der Waals surface area contributed by atoms with Crippen LogP contribution in [0.5, 0.6) is 0 Å². The Balaban J connectivity index is 1.56. The van der Waals surface area contributed by atoms with E-state index in [4.69, 9.17) is 0 Å². The van der Waals surface area contributed by atoms with Crippen LogP contribution in [-0.2, 0) is 0 Å². The molecule has 0 spiro atoms. The number of carbonyl (C=O) groups excluding carboxylic acids is 1. The second kappa shape index (κ2) is 6.67. The highest BCUT2D eigenvalue weighted by molar-refractivity contribution is 5.94. The van der Waals surface area contributed by atoms with Crippen molar-refractivity contribution in [1.29, 1.82) is 0 Å². The molecule has 0 saturated heterocycles. The average Bonchev–Trinajstić information content (AvgIpc) is 2.59. The largest absolute Gasteiger partial charge is 0.368 e. The second-order valence-electron chi connectivity index (χ2n) is 4.79. The van der Waals surface area contributed by atoms with E-state index in [2.05, 4.69) is 20.6 Å². The highest BCUT2D eigenvalue weighted by Gasteiger charge is 2.04. The summed E-state index contributed by atoms with van der Waals surface area (Å²) < 4.78 is 0. The number of aromatic nitrogens is 2. The Morgan fingerprint density at radius 3 is 2.55 bits per heavy atom. The molecule has 5 heteroatoms. The van der Waals surface area contributed by atoms with Gasteiger partial charge in [0.15, 0.2) is 0 Å². The molecule has 0 saturated carbocycles. The number of carbonyl (C=O) groups is 1. The van der Waals surface area contributed by atoms with Crippen molar-refractivity contribution in [1.82, 2.24) is 15.3 Å². The van der Waals surface area contributed by atoms with Gasteiger partial charge in [-0.2, -0.15) is 0 Å². The third kappa shape index (κ3) is 3.20. The zero-order chi connectivity index (χ0) is 15.2. The minimum absolute atomic E-state index is 0.0741. The van der Waals surface area contributed by atoms with E-state index in [0.29, 0.717) is 18.7 Å². The molecule has 1 aromatic heterocycles. The first kappa shape index (κ1) is 14.0. The van der Waals surface area contributed by atoms with Crippen molar-refractivity contribution in [3.8, 4) is 0 Å². The fraction of sp³-hybridized carbons (Fsp3) is 0.118. The molecule has 1 heterocycles. The van der Waals surface area contributed by atoms with Crippen molar-refractivity contribution in [2.45, 2.75) is 0 Å². The third-order valence-corrected chi connectivity index (χ3v) is 3.28. The average molecular weight is 292 g/mol. The van der Waals surface area contributed by atoms with E-state index in [1.807, 2.05) is 42.5 Å².